The third kappa shape index (κ3) is 2.30. The van der Waals surface area contributed by atoms with Crippen LogP contribution in [0.2, 0.25) is 0 Å². The van der Waals surface area contributed by atoms with Crippen molar-refractivity contribution in [1.82, 2.24) is 0 Å². The Labute approximate surface area is 108 Å². The summed E-state index contributed by atoms with van der Waals surface area (Å²) in [7, 11) is -6.64. The molecule has 1 aromatic carbocycles. The van der Waals surface area contributed by atoms with Crippen molar-refractivity contribution in [3.63, 3.8) is 0 Å². The lowest BCUT2D eigenvalue weighted by molar-refractivity contribution is -0.273. The van der Waals surface area contributed by atoms with Crippen LogP contribution >= 0.6 is 0 Å². The van der Waals surface area contributed by atoms with E-state index < -0.39 is 38.5 Å². The number of rotatable bonds is 2. The van der Waals surface area contributed by atoms with E-state index in [0.717, 1.165) is 0 Å². The van der Waals surface area contributed by atoms with Gasteiger partial charge in [0, 0.05) is 0 Å². The topological polar surface area (TPSA) is 74.6 Å². The molecule has 0 unspecified atom stereocenters. The summed E-state index contributed by atoms with van der Waals surface area (Å²) in [5.74, 6) is -0.678. The quantitative estimate of drug-likeness (QED) is 0.648. The molecule has 114 valence electrons. The number of hydrogen-bond donors (Lipinski definition) is 2. The Bertz CT molecular complexity index is 572. The first kappa shape index (κ1) is 16.6. The maximum absolute atomic E-state index is 12.8. The summed E-state index contributed by atoms with van der Waals surface area (Å²) in [5, 5.41) is 8.86. The monoisotopic (exact) mass is 324 g/mol. The summed E-state index contributed by atoms with van der Waals surface area (Å²) in [6.07, 6.45) is -12.7. The van der Waals surface area contributed by atoms with E-state index in [0.29, 0.717) is 12.1 Å². The SMILES string of the molecule is O=S(=O)(O)C(c1ccc(O)cc1)(C(F)(F)F)C(F)(F)F. The Hall–Kier alpha value is -1.49. The zero-order valence-corrected chi connectivity index (χ0v) is 10.0. The number of halogens is 6. The van der Waals surface area contributed by atoms with E-state index in [4.69, 9.17) is 9.66 Å². The molecule has 0 saturated heterocycles. The molecule has 4 nitrogen and oxygen atoms in total. The van der Waals surface area contributed by atoms with Gasteiger partial charge in [-0.1, -0.05) is 12.1 Å². The highest BCUT2D eigenvalue weighted by molar-refractivity contribution is 7.87. The van der Waals surface area contributed by atoms with Crippen molar-refractivity contribution in [1.29, 1.82) is 0 Å². The summed E-state index contributed by atoms with van der Waals surface area (Å²) < 4.78 is 102. The molecule has 0 amide bonds. The molecule has 0 radical (unpaired) electrons. The Morgan fingerprint density at radius 1 is 0.850 bits per heavy atom. The van der Waals surface area contributed by atoms with Crippen LogP contribution < -0.4 is 0 Å². The molecule has 0 aromatic heterocycles. The molecule has 0 aliphatic rings. The molecule has 0 saturated carbocycles. The summed E-state index contributed by atoms with van der Waals surface area (Å²) in [5.41, 5.74) is -1.78. The Morgan fingerprint density at radius 3 is 1.45 bits per heavy atom. The van der Waals surface area contributed by atoms with Crippen LogP contribution in [-0.4, -0.2) is 30.4 Å². The predicted molar refractivity (Wildman–Crippen MR) is 53.4 cm³/mol. The first-order valence-electron chi connectivity index (χ1n) is 4.65. The van der Waals surface area contributed by atoms with Gasteiger partial charge in [0.2, 0.25) is 0 Å². The zero-order chi connectivity index (χ0) is 16.0. The van der Waals surface area contributed by atoms with E-state index in [1.165, 1.54) is 0 Å². The van der Waals surface area contributed by atoms with Gasteiger partial charge in [-0.15, -0.1) is 0 Å². The average Bonchev–Trinajstić information content (AvgIpc) is 2.14. The summed E-state index contributed by atoms with van der Waals surface area (Å²) in [6.45, 7) is 0. The smallest absolute Gasteiger partial charge is 0.423 e. The van der Waals surface area contributed by atoms with Crippen LogP contribution in [0.15, 0.2) is 24.3 Å². The van der Waals surface area contributed by atoms with Crippen molar-refractivity contribution >= 4 is 10.1 Å². The maximum atomic E-state index is 12.8. The van der Waals surface area contributed by atoms with Crippen LogP contribution in [0, 0.1) is 0 Å². The molecule has 1 rings (SSSR count). The molecule has 0 aliphatic heterocycles. The first-order valence-corrected chi connectivity index (χ1v) is 6.09. The molecule has 20 heavy (non-hydrogen) atoms. The van der Waals surface area contributed by atoms with Gasteiger partial charge in [-0.25, -0.2) is 0 Å². The first-order chi connectivity index (χ1) is 8.75. The number of phenols is 1. The largest absolute Gasteiger partial charge is 0.508 e. The van der Waals surface area contributed by atoms with Crippen molar-refractivity contribution in [2.24, 2.45) is 0 Å². The molecule has 0 aliphatic carbocycles. The minimum Gasteiger partial charge on any atom is -0.508 e. The van der Waals surface area contributed by atoms with Gasteiger partial charge in [0.05, 0.1) is 0 Å². The zero-order valence-electron chi connectivity index (χ0n) is 9.20. The second-order valence-electron chi connectivity index (χ2n) is 3.70. The third-order valence-electron chi connectivity index (χ3n) is 2.46. The van der Waals surface area contributed by atoms with E-state index in [1.807, 2.05) is 0 Å². The second-order valence-corrected chi connectivity index (χ2v) is 5.26. The van der Waals surface area contributed by atoms with Gasteiger partial charge in [0.25, 0.3) is 10.1 Å². The lowest BCUT2D eigenvalue weighted by Crippen LogP contribution is -2.59. The number of alkyl halides is 6. The normalized spacial score (nSPS) is 14.3. The lowest BCUT2D eigenvalue weighted by Gasteiger charge is -2.34. The van der Waals surface area contributed by atoms with E-state index in [9.17, 15) is 34.8 Å². The van der Waals surface area contributed by atoms with Crippen molar-refractivity contribution in [3.05, 3.63) is 29.8 Å². The Morgan fingerprint density at radius 2 is 1.20 bits per heavy atom. The van der Waals surface area contributed by atoms with Crippen LogP contribution in [0.25, 0.3) is 0 Å². The van der Waals surface area contributed by atoms with Crippen LogP contribution in [-0.2, 0) is 14.9 Å². The fraction of sp³-hybridized carbons (Fsp3) is 0.333. The van der Waals surface area contributed by atoms with Gasteiger partial charge in [-0.3, -0.25) is 4.55 Å². The van der Waals surface area contributed by atoms with Gasteiger partial charge in [0.15, 0.2) is 0 Å². The molecule has 0 bridgehead atoms. The molecule has 1 aromatic rings. The molecule has 0 atom stereocenters. The van der Waals surface area contributed by atoms with Crippen molar-refractivity contribution in [2.75, 3.05) is 0 Å². The standard InChI is InChI=1S/C9H6F6O4S/c10-8(11,12)7(9(13,14)15,20(17,18)19)5-1-3-6(16)4-2-5/h1-4,16H,(H,17,18,19). The minimum absolute atomic E-state index is 0.115. The van der Waals surface area contributed by atoms with E-state index in [2.05, 4.69) is 0 Å². The Kier molecular flexibility index (Phi) is 3.74. The third-order valence-corrected chi connectivity index (χ3v) is 3.93. The number of phenolic OH excluding ortho intramolecular Hbond substituents is 1. The molecule has 0 heterocycles. The number of aromatic hydroxyl groups is 1. The second kappa shape index (κ2) is 4.52. The van der Waals surface area contributed by atoms with Crippen molar-refractivity contribution in [3.8, 4) is 5.75 Å². The highest BCUT2D eigenvalue weighted by atomic mass is 32.2. The predicted octanol–water partition coefficient (Wildman–Crippen LogP) is 2.60. The minimum atomic E-state index is -6.64. The van der Waals surface area contributed by atoms with Gasteiger partial charge >= 0.3 is 17.1 Å². The summed E-state index contributed by atoms with van der Waals surface area (Å²) >= 11 is 0. The highest BCUT2D eigenvalue weighted by Gasteiger charge is 2.79. The summed E-state index contributed by atoms with van der Waals surface area (Å²) in [4.78, 5) is 0. The number of hydrogen-bond acceptors (Lipinski definition) is 3. The van der Waals surface area contributed by atoms with Crippen molar-refractivity contribution in [2.45, 2.75) is 17.1 Å². The molecule has 2 N–H and O–H groups in total. The van der Waals surface area contributed by atoms with Crippen LogP contribution in [0.4, 0.5) is 26.3 Å². The van der Waals surface area contributed by atoms with Gasteiger partial charge < -0.3 is 5.11 Å². The molecular formula is C9H6F6O4S. The Balaban J connectivity index is 3.87. The van der Waals surface area contributed by atoms with E-state index >= 15 is 0 Å². The van der Waals surface area contributed by atoms with Gasteiger partial charge in [-0.2, -0.15) is 34.8 Å². The van der Waals surface area contributed by atoms with E-state index in [1.54, 1.807) is 0 Å². The number of benzene rings is 1. The maximum Gasteiger partial charge on any atom is 0.423 e. The highest BCUT2D eigenvalue weighted by Crippen LogP contribution is 2.55. The molecular weight excluding hydrogens is 318 g/mol. The lowest BCUT2D eigenvalue weighted by atomic mass is 9.96. The molecule has 11 heteroatoms. The van der Waals surface area contributed by atoms with E-state index in [-0.39, 0.29) is 12.1 Å². The van der Waals surface area contributed by atoms with Gasteiger partial charge in [-0.05, 0) is 17.7 Å². The molecule has 0 fully saturated rings. The fourth-order valence-electron chi connectivity index (χ4n) is 1.63. The van der Waals surface area contributed by atoms with Gasteiger partial charge in [0.1, 0.15) is 5.75 Å². The summed E-state index contributed by atoms with van der Waals surface area (Å²) in [6, 6.07) is 1.10. The van der Waals surface area contributed by atoms with Crippen LogP contribution in [0.3, 0.4) is 0 Å². The average molecular weight is 324 g/mol. The van der Waals surface area contributed by atoms with Crippen molar-refractivity contribution < 1.29 is 44.4 Å². The molecule has 0 spiro atoms. The van der Waals surface area contributed by atoms with Crippen LogP contribution in [0.5, 0.6) is 5.75 Å². The van der Waals surface area contributed by atoms with Crippen LogP contribution in [0.1, 0.15) is 5.56 Å². The fourth-order valence-corrected chi connectivity index (χ4v) is 2.64.